The number of unbranched alkanes of at least 4 members (excludes halogenated alkanes) is 3. The summed E-state index contributed by atoms with van der Waals surface area (Å²) in [7, 11) is 3.96. The second-order valence-corrected chi connectivity index (χ2v) is 5.58. The normalized spacial score (nSPS) is 10.3. The molecule has 1 aromatic rings. The number of carbonyl (C=O) groups is 2. The molecule has 122 valence electrons. The number of ether oxygens (including phenoxy) is 1. The summed E-state index contributed by atoms with van der Waals surface area (Å²) in [6, 6.07) is 7.70. The van der Waals surface area contributed by atoms with Gasteiger partial charge in [-0.2, -0.15) is 0 Å². The highest BCUT2D eigenvalue weighted by molar-refractivity contribution is 5.96. The number of carbonyl (C=O) groups excluding carboxylic acids is 2. The molecule has 0 radical (unpaired) electrons. The van der Waals surface area contributed by atoms with Gasteiger partial charge in [0, 0.05) is 38.2 Å². The molecule has 22 heavy (non-hydrogen) atoms. The van der Waals surface area contributed by atoms with Crippen molar-refractivity contribution in [3.8, 4) is 0 Å². The number of nitrogens with zero attached hydrogens (tertiary/aromatic N) is 1. The van der Waals surface area contributed by atoms with E-state index < -0.39 is 0 Å². The second kappa shape index (κ2) is 9.98. The van der Waals surface area contributed by atoms with Crippen molar-refractivity contribution in [3.63, 3.8) is 0 Å². The van der Waals surface area contributed by atoms with E-state index in [0.717, 1.165) is 36.9 Å². The van der Waals surface area contributed by atoms with Crippen molar-refractivity contribution < 1.29 is 14.3 Å². The van der Waals surface area contributed by atoms with Gasteiger partial charge in [-0.15, -0.1) is 0 Å². The summed E-state index contributed by atoms with van der Waals surface area (Å²) in [5, 5.41) is 0. The molecule has 0 N–H and O–H groups in total. The number of hydrogen-bond acceptors (Lipinski definition) is 4. The maximum Gasteiger partial charge on any atom is 0.305 e. The summed E-state index contributed by atoms with van der Waals surface area (Å²) in [4.78, 5) is 25.2. The lowest BCUT2D eigenvalue weighted by molar-refractivity contribution is -0.143. The third-order valence-electron chi connectivity index (χ3n) is 3.55. The van der Waals surface area contributed by atoms with Crippen LogP contribution in [-0.4, -0.2) is 32.5 Å². The Hall–Kier alpha value is -1.84. The number of esters is 1. The van der Waals surface area contributed by atoms with E-state index in [2.05, 4.69) is 0 Å². The van der Waals surface area contributed by atoms with Crippen LogP contribution in [0.25, 0.3) is 0 Å². The van der Waals surface area contributed by atoms with Crippen LogP contribution in [0.15, 0.2) is 24.3 Å². The van der Waals surface area contributed by atoms with Gasteiger partial charge in [-0.3, -0.25) is 9.59 Å². The molecule has 0 aliphatic heterocycles. The standard InChI is InChI=1S/C18H27NO3/c1-4-22-18(21)10-8-6-5-7-9-17(20)15-11-13-16(14-12-15)19(2)3/h11-14H,4-10H2,1-3H3. The highest BCUT2D eigenvalue weighted by Gasteiger charge is 2.06. The fourth-order valence-corrected chi connectivity index (χ4v) is 2.23. The van der Waals surface area contributed by atoms with Crippen LogP contribution in [0, 0.1) is 0 Å². The lowest BCUT2D eigenvalue weighted by Crippen LogP contribution is -2.08. The van der Waals surface area contributed by atoms with Gasteiger partial charge in [-0.1, -0.05) is 12.8 Å². The number of benzene rings is 1. The Balaban J connectivity index is 2.19. The van der Waals surface area contributed by atoms with Crippen LogP contribution < -0.4 is 4.90 Å². The Morgan fingerprint density at radius 3 is 2.09 bits per heavy atom. The van der Waals surface area contributed by atoms with Crippen LogP contribution in [0.1, 0.15) is 55.8 Å². The Kier molecular flexibility index (Phi) is 8.26. The topological polar surface area (TPSA) is 46.6 Å². The zero-order valence-electron chi connectivity index (χ0n) is 13.9. The summed E-state index contributed by atoms with van der Waals surface area (Å²) in [6.45, 7) is 2.26. The van der Waals surface area contributed by atoms with Gasteiger partial charge in [0.15, 0.2) is 5.78 Å². The van der Waals surface area contributed by atoms with Crippen LogP contribution in [0.5, 0.6) is 0 Å². The first-order valence-corrected chi connectivity index (χ1v) is 8.00. The summed E-state index contributed by atoms with van der Waals surface area (Å²) in [6.07, 6.45) is 4.70. The average molecular weight is 305 g/mol. The maximum atomic E-state index is 12.1. The van der Waals surface area contributed by atoms with Gasteiger partial charge < -0.3 is 9.64 Å². The number of ketones is 1. The molecule has 0 atom stereocenters. The van der Waals surface area contributed by atoms with E-state index >= 15 is 0 Å². The summed E-state index contributed by atoms with van der Waals surface area (Å²) in [5.74, 6) is 0.0651. The molecule has 4 nitrogen and oxygen atoms in total. The van der Waals surface area contributed by atoms with Gasteiger partial charge >= 0.3 is 5.97 Å². The Morgan fingerprint density at radius 1 is 0.955 bits per heavy atom. The molecule has 0 aliphatic carbocycles. The van der Waals surface area contributed by atoms with E-state index in [4.69, 9.17) is 4.74 Å². The molecule has 0 amide bonds. The van der Waals surface area contributed by atoms with E-state index in [1.54, 1.807) is 0 Å². The minimum Gasteiger partial charge on any atom is -0.466 e. The SMILES string of the molecule is CCOC(=O)CCCCCCC(=O)c1ccc(N(C)C)cc1. The molecule has 0 saturated carbocycles. The Bertz CT molecular complexity index is 466. The molecule has 0 spiro atoms. The zero-order chi connectivity index (χ0) is 16.4. The first-order chi connectivity index (χ1) is 10.5. The maximum absolute atomic E-state index is 12.1. The van der Waals surface area contributed by atoms with Gasteiger partial charge in [0.05, 0.1) is 6.61 Å². The molecule has 0 unspecified atom stereocenters. The van der Waals surface area contributed by atoms with E-state index in [1.165, 1.54) is 0 Å². The number of anilines is 1. The Labute approximate surface area is 133 Å². The van der Waals surface area contributed by atoms with Gasteiger partial charge in [0.1, 0.15) is 0 Å². The molecule has 0 aliphatic rings. The van der Waals surface area contributed by atoms with E-state index in [1.807, 2.05) is 50.2 Å². The Morgan fingerprint density at radius 2 is 1.55 bits per heavy atom. The third kappa shape index (κ3) is 6.74. The van der Waals surface area contributed by atoms with Crippen LogP contribution in [-0.2, 0) is 9.53 Å². The predicted octanol–water partition coefficient (Wildman–Crippen LogP) is 3.84. The van der Waals surface area contributed by atoms with Crippen molar-refractivity contribution in [2.45, 2.75) is 45.4 Å². The molecule has 0 bridgehead atoms. The molecule has 1 aromatic carbocycles. The van der Waals surface area contributed by atoms with Crippen molar-refractivity contribution in [3.05, 3.63) is 29.8 Å². The molecule has 0 fully saturated rings. The molecule has 0 heterocycles. The molecule has 0 aromatic heterocycles. The van der Waals surface area contributed by atoms with E-state index in [0.29, 0.717) is 19.4 Å². The minimum absolute atomic E-state index is 0.125. The highest BCUT2D eigenvalue weighted by Crippen LogP contribution is 2.15. The lowest BCUT2D eigenvalue weighted by Gasteiger charge is -2.12. The van der Waals surface area contributed by atoms with E-state index in [-0.39, 0.29) is 11.8 Å². The quantitative estimate of drug-likeness (QED) is 0.374. The van der Waals surface area contributed by atoms with Crippen molar-refractivity contribution in [1.29, 1.82) is 0 Å². The monoisotopic (exact) mass is 305 g/mol. The van der Waals surface area contributed by atoms with Crippen molar-refractivity contribution in [1.82, 2.24) is 0 Å². The van der Waals surface area contributed by atoms with Crippen LogP contribution in [0.3, 0.4) is 0 Å². The van der Waals surface area contributed by atoms with E-state index in [9.17, 15) is 9.59 Å². The predicted molar refractivity (Wildman–Crippen MR) is 89.4 cm³/mol. The first-order valence-electron chi connectivity index (χ1n) is 8.00. The van der Waals surface area contributed by atoms with Crippen molar-refractivity contribution in [2.24, 2.45) is 0 Å². The summed E-state index contributed by atoms with van der Waals surface area (Å²) < 4.78 is 4.87. The smallest absolute Gasteiger partial charge is 0.305 e. The van der Waals surface area contributed by atoms with Crippen LogP contribution in [0.4, 0.5) is 5.69 Å². The molecule has 1 rings (SSSR count). The lowest BCUT2D eigenvalue weighted by atomic mass is 10.0. The first kappa shape index (κ1) is 18.2. The largest absolute Gasteiger partial charge is 0.466 e. The highest BCUT2D eigenvalue weighted by atomic mass is 16.5. The van der Waals surface area contributed by atoms with Gasteiger partial charge in [-0.05, 0) is 44.0 Å². The minimum atomic E-state index is -0.125. The number of hydrogen-bond donors (Lipinski definition) is 0. The second-order valence-electron chi connectivity index (χ2n) is 5.58. The fraction of sp³-hybridized carbons (Fsp3) is 0.556. The van der Waals surface area contributed by atoms with Crippen LogP contribution in [0.2, 0.25) is 0 Å². The molecular formula is C18H27NO3. The van der Waals surface area contributed by atoms with Crippen LogP contribution >= 0.6 is 0 Å². The van der Waals surface area contributed by atoms with Gasteiger partial charge in [0.25, 0.3) is 0 Å². The zero-order valence-corrected chi connectivity index (χ0v) is 13.9. The van der Waals surface area contributed by atoms with Crippen molar-refractivity contribution >= 4 is 17.4 Å². The van der Waals surface area contributed by atoms with Gasteiger partial charge in [0.2, 0.25) is 0 Å². The number of rotatable bonds is 10. The number of Topliss-reactive ketones (excluding diaryl/α,β-unsaturated/α-hetero) is 1. The van der Waals surface area contributed by atoms with Crippen molar-refractivity contribution in [2.75, 3.05) is 25.6 Å². The fourth-order valence-electron chi connectivity index (χ4n) is 2.23. The average Bonchev–Trinajstić information content (AvgIpc) is 2.50. The third-order valence-corrected chi connectivity index (χ3v) is 3.55. The summed E-state index contributed by atoms with van der Waals surface area (Å²) in [5.41, 5.74) is 1.87. The molecular weight excluding hydrogens is 278 g/mol. The molecule has 0 saturated heterocycles. The summed E-state index contributed by atoms with van der Waals surface area (Å²) >= 11 is 0. The molecule has 4 heteroatoms. The van der Waals surface area contributed by atoms with Gasteiger partial charge in [-0.25, -0.2) is 0 Å².